The summed E-state index contributed by atoms with van der Waals surface area (Å²) in [5, 5.41) is 6.46. The Bertz CT molecular complexity index is 787. The highest BCUT2D eigenvalue weighted by atomic mass is 35.5. The van der Waals surface area contributed by atoms with E-state index in [1.807, 2.05) is 42.5 Å². The molecule has 0 spiro atoms. The van der Waals surface area contributed by atoms with Crippen LogP contribution in [0.3, 0.4) is 0 Å². The van der Waals surface area contributed by atoms with Gasteiger partial charge in [0.1, 0.15) is 11.5 Å². The van der Waals surface area contributed by atoms with E-state index in [1.54, 1.807) is 14.2 Å². The first-order valence-corrected chi connectivity index (χ1v) is 9.69. The number of amides is 1. The molecule has 0 bridgehead atoms. The third-order valence-electron chi connectivity index (χ3n) is 5.11. The monoisotopic (exact) mass is 419 g/mol. The molecule has 6 nitrogen and oxygen atoms in total. The number of piperazine rings is 1. The number of para-hydroxylation sites is 2. The third kappa shape index (κ3) is 6.10. The summed E-state index contributed by atoms with van der Waals surface area (Å²) in [5.74, 6) is 1.75. The summed E-state index contributed by atoms with van der Waals surface area (Å²) >= 11 is 0. The van der Waals surface area contributed by atoms with Gasteiger partial charge in [-0.2, -0.15) is 0 Å². The van der Waals surface area contributed by atoms with E-state index in [4.69, 9.17) is 9.47 Å². The first kappa shape index (κ1) is 23.0. The number of nitrogens with zero attached hydrogens (tertiary/aromatic N) is 1. The number of benzene rings is 2. The number of carbonyl (C=O) groups is 1. The lowest BCUT2D eigenvalue weighted by Crippen LogP contribution is -2.49. The quantitative estimate of drug-likeness (QED) is 0.688. The second-order valence-corrected chi connectivity index (χ2v) is 6.84. The number of rotatable bonds is 8. The minimum Gasteiger partial charge on any atom is -0.496 e. The lowest BCUT2D eigenvalue weighted by Gasteiger charge is -2.36. The molecule has 3 rings (SSSR count). The maximum absolute atomic E-state index is 12.6. The fourth-order valence-corrected chi connectivity index (χ4v) is 3.67. The van der Waals surface area contributed by atoms with Gasteiger partial charge in [0.25, 0.3) is 0 Å². The molecule has 1 fully saturated rings. The molecule has 1 aliphatic rings. The summed E-state index contributed by atoms with van der Waals surface area (Å²) in [6.45, 7) is 3.46. The van der Waals surface area contributed by atoms with Crippen LogP contribution in [0, 0.1) is 0 Å². The maximum Gasteiger partial charge on any atom is 0.234 e. The van der Waals surface area contributed by atoms with E-state index in [0.29, 0.717) is 13.1 Å². The Kier molecular flexibility index (Phi) is 9.25. The van der Waals surface area contributed by atoms with Crippen molar-refractivity contribution in [1.29, 1.82) is 0 Å². The number of hydrogen-bond acceptors (Lipinski definition) is 5. The van der Waals surface area contributed by atoms with Crippen LogP contribution in [0.25, 0.3) is 0 Å². The topological polar surface area (TPSA) is 62.8 Å². The molecule has 158 valence electrons. The van der Waals surface area contributed by atoms with Crippen LogP contribution in [0.4, 0.5) is 0 Å². The van der Waals surface area contributed by atoms with E-state index in [2.05, 4.69) is 21.6 Å². The van der Waals surface area contributed by atoms with Crippen molar-refractivity contribution in [3.63, 3.8) is 0 Å². The second kappa shape index (κ2) is 11.7. The Hall–Kier alpha value is -2.28. The van der Waals surface area contributed by atoms with Crippen LogP contribution in [0.2, 0.25) is 0 Å². The van der Waals surface area contributed by atoms with Crippen molar-refractivity contribution in [2.24, 2.45) is 0 Å². The van der Waals surface area contributed by atoms with E-state index < -0.39 is 0 Å². The van der Waals surface area contributed by atoms with Crippen molar-refractivity contribution in [1.82, 2.24) is 15.5 Å². The minimum atomic E-state index is 0. The van der Waals surface area contributed by atoms with Crippen LogP contribution in [0.5, 0.6) is 11.5 Å². The molecule has 1 unspecified atom stereocenters. The van der Waals surface area contributed by atoms with Crippen molar-refractivity contribution in [2.75, 3.05) is 46.9 Å². The molecule has 2 aromatic rings. The fraction of sp³-hybridized carbons (Fsp3) is 0.409. The number of nitrogens with one attached hydrogen (secondary N) is 2. The number of carbonyl (C=O) groups excluding carboxylic acids is 1. The highest BCUT2D eigenvalue weighted by Crippen LogP contribution is 2.29. The van der Waals surface area contributed by atoms with Gasteiger partial charge in [-0.05, 0) is 24.1 Å². The molecule has 0 saturated carbocycles. The molecule has 2 aromatic carbocycles. The van der Waals surface area contributed by atoms with Crippen LogP contribution >= 0.6 is 12.4 Å². The molecule has 0 aliphatic carbocycles. The van der Waals surface area contributed by atoms with Gasteiger partial charge in [-0.15, -0.1) is 12.4 Å². The molecule has 1 saturated heterocycles. The Morgan fingerprint density at radius 2 is 1.79 bits per heavy atom. The van der Waals surface area contributed by atoms with Gasteiger partial charge in [-0.3, -0.25) is 9.69 Å². The number of ether oxygens (including phenoxy) is 2. The molecule has 0 radical (unpaired) electrons. The summed E-state index contributed by atoms with van der Waals surface area (Å²) in [6, 6.07) is 16.0. The fourth-order valence-electron chi connectivity index (χ4n) is 3.67. The number of methoxy groups -OCH3 is 2. The first-order valence-electron chi connectivity index (χ1n) is 9.69. The van der Waals surface area contributed by atoms with E-state index in [9.17, 15) is 4.79 Å². The summed E-state index contributed by atoms with van der Waals surface area (Å²) in [6.07, 6.45) is 0.743. The first-order chi connectivity index (χ1) is 13.7. The van der Waals surface area contributed by atoms with E-state index in [1.165, 1.54) is 0 Å². The Morgan fingerprint density at radius 1 is 1.10 bits per heavy atom. The molecule has 29 heavy (non-hydrogen) atoms. The van der Waals surface area contributed by atoms with Gasteiger partial charge in [0.2, 0.25) is 5.91 Å². The second-order valence-electron chi connectivity index (χ2n) is 6.84. The van der Waals surface area contributed by atoms with E-state index >= 15 is 0 Å². The maximum atomic E-state index is 12.6. The highest BCUT2D eigenvalue weighted by molar-refractivity contribution is 5.85. The zero-order valence-electron chi connectivity index (χ0n) is 17.0. The standard InChI is InChI=1S/C22H29N3O3.ClH/c1-27-20-9-5-3-7-17(20)11-12-24-22(26)16-25-14-13-23-15-19(25)18-8-4-6-10-21(18)28-2;/h3-10,19,23H,11-16H2,1-2H3,(H,24,26);1H. The van der Waals surface area contributed by atoms with Crippen LogP contribution in [-0.4, -0.2) is 57.8 Å². The van der Waals surface area contributed by atoms with Gasteiger partial charge in [-0.25, -0.2) is 0 Å². The van der Waals surface area contributed by atoms with Crippen LogP contribution in [-0.2, 0) is 11.2 Å². The normalized spacial score (nSPS) is 16.6. The largest absolute Gasteiger partial charge is 0.496 e. The summed E-state index contributed by atoms with van der Waals surface area (Å²) in [5.41, 5.74) is 2.21. The number of halogens is 1. The molecule has 2 N–H and O–H groups in total. The number of hydrogen-bond donors (Lipinski definition) is 2. The van der Waals surface area contributed by atoms with Gasteiger partial charge in [0.15, 0.2) is 0 Å². The lowest BCUT2D eigenvalue weighted by atomic mass is 10.0. The average Bonchev–Trinajstić information content (AvgIpc) is 2.74. The van der Waals surface area contributed by atoms with Crippen LogP contribution < -0.4 is 20.1 Å². The molecule has 7 heteroatoms. The van der Waals surface area contributed by atoms with Crippen molar-refractivity contribution in [2.45, 2.75) is 12.5 Å². The predicted molar refractivity (Wildman–Crippen MR) is 117 cm³/mol. The van der Waals surface area contributed by atoms with Gasteiger partial charge < -0.3 is 20.1 Å². The lowest BCUT2D eigenvalue weighted by molar-refractivity contribution is -0.123. The molecule has 1 atom stereocenters. The molecule has 1 heterocycles. The SMILES string of the molecule is COc1ccccc1CCNC(=O)CN1CCNCC1c1ccccc1OC.Cl. The van der Waals surface area contributed by atoms with Crippen molar-refractivity contribution < 1.29 is 14.3 Å². The van der Waals surface area contributed by atoms with Crippen molar-refractivity contribution in [3.8, 4) is 11.5 Å². The smallest absolute Gasteiger partial charge is 0.234 e. The molecular weight excluding hydrogens is 390 g/mol. The van der Waals surface area contributed by atoms with E-state index in [0.717, 1.165) is 48.7 Å². The van der Waals surface area contributed by atoms with Gasteiger partial charge in [0, 0.05) is 31.7 Å². The third-order valence-corrected chi connectivity index (χ3v) is 5.11. The average molecular weight is 420 g/mol. The predicted octanol–water partition coefficient (Wildman–Crippen LogP) is 2.43. The molecular formula is C22H30ClN3O3. The summed E-state index contributed by atoms with van der Waals surface area (Å²) in [7, 11) is 3.35. The van der Waals surface area contributed by atoms with E-state index in [-0.39, 0.29) is 24.4 Å². The van der Waals surface area contributed by atoms with Crippen LogP contribution in [0.1, 0.15) is 17.2 Å². The van der Waals surface area contributed by atoms with Gasteiger partial charge in [-0.1, -0.05) is 36.4 Å². The zero-order chi connectivity index (χ0) is 19.8. The highest BCUT2D eigenvalue weighted by Gasteiger charge is 2.27. The zero-order valence-corrected chi connectivity index (χ0v) is 17.8. The summed E-state index contributed by atoms with van der Waals surface area (Å²) < 4.78 is 10.9. The van der Waals surface area contributed by atoms with Crippen LogP contribution in [0.15, 0.2) is 48.5 Å². The molecule has 1 aliphatic heterocycles. The Balaban J connectivity index is 0.00000300. The van der Waals surface area contributed by atoms with Crippen molar-refractivity contribution >= 4 is 18.3 Å². The summed E-state index contributed by atoms with van der Waals surface area (Å²) in [4.78, 5) is 14.8. The van der Waals surface area contributed by atoms with Crippen molar-refractivity contribution in [3.05, 3.63) is 59.7 Å². The minimum absolute atomic E-state index is 0. The molecule has 1 amide bonds. The van der Waals surface area contributed by atoms with Gasteiger partial charge in [0.05, 0.1) is 26.8 Å². The Morgan fingerprint density at radius 3 is 2.55 bits per heavy atom. The van der Waals surface area contributed by atoms with Gasteiger partial charge >= 0.3 is 0 Å². The Labute approximate surface area is 179 Å². The molecule has 0 aromatic heterocycles.